The standard InChI is InChI=1S/C10H17NO2S/c1-3-4-11-5-6-14-8-9(11)7-10(12)13-2/h3,9H,1,4-8H2,2H3. The second-order valence-corrected chi connectivity index (χ2v) is 4.44. The molecule has 0 radical (unpaired) electrons. The highest BCUT2D eigenvalue weighted by Crippen LogP contribution is 2.18. The molecule has 0 N–H and O–H groups in total. The lowest BCUT2D eigenvalue weighted by Gasteiger charge is -2.33. The molecule has 1 fully saturated rings. The van der Waals surface area contributed by atoms with Gasteiger partial charge in [0.15, 0.2) is 0 Å². The second-order valence-electron chi connectivity index (χ2n) is 3.29. The first kappa shape index (κ1) is 11.6. The van der Waals surface area contributed by atoms with Gasteiger partial charge in [-0.15, -0.1) is 6.58 Å². The molecule has 0 aromatic carbocycles. The number of methoxy groups -OCH3 is 1. The summed E-state index contributed by atoms with van der Waals surface area (Å²) < 4.78 is 4.68. The van der Waals surface area contributed by atoms with Gasteiger partial charge in [-0.05, 0) is 0 Å². The van der Waals surface area contributed by atoms with Gasteiger partial charge in [0, 0.05) is 30.6 Å². The summed E-state index contributed by atoms with van der Waals surface area (Å²) in [5, 5.41) is 0. The van der Waals surface area contributed by atoms with Crippen LogP contribution in [-0.2, 0) is 9.53 Å². The van der Waals surface area contributed by atoms with Crippen molar-refractivity contribution in [2.24, 2.45) is 0 Å². The maximum atomic E-state index is 11.1. The van der Waals surface area contributed by atoms with Gasteiger partial charge < -0.3 is 4.74 Å². The van der Waals surface area contributed by atoms with E-state index in [0.29, 0.717) is 12.5 Å². The van der Waals surface area contributed by atoms with Crippen molar-refractivity contribution in [3.8, 4) is 0 Å². The van der Waals surface area contributed by atoms with Crippen molar-refractivity contribution in [2.75, 3.05) is 31.7 Å². The Bertz CT molecular complexity index is 208. The van der Waals surface area contributed by atoms with Crippen LogP contribution in [0.15, 0.2) is 12.7 Å². The molecule has 1 aliphatic heterocycles. The number of rotatable bonds is 4. The first-order chi connectivity index (χ1) is 6.77. The first-order valence-electron chi connectivity index (χ1n) is 4.77. The van der Waals surface area contributed by atoms with Crippen LogP contribution in [0, 0.1) is 0 Å². The molecule has 0 bridgehead atoms. The molecule has 0 amide bonds. The van der Waals surface area contributed by atoms with Crippen LogP contribution in [0.3, 0.4) is 0 Å². The number of hydrogen-bond donors (Lipinski definition) is 0. The normalized spacial score (nSPS) is 23.1. The van der Waals surface area contributed by atoms with Crippen LogP contribution in [0.2, 0.25) is 0 Å². The van der Waals surface area contributed by atoms with Crippen molar-refractivity contribution in [1.29, 1.82) is 0 Å². The maximum Gasteiger partial charge on any atom is 0.307 e. The maximum absolute atomic E-state index is 11.1. The Kier molecular flexibility index (Phi) is 5.04. The summed E-state index contributed by atoms with van der Waals surface area (Å²) in [7, 11) is 1.44. The van der Waals surface area contributed by atoms with Crippen LogP contribution in [0.4, 0.5) is 0 Å². The van der Waals surface area contributed by atoms with Gasteiger partial charge >= 0.3 is 5.97 Å². The molecule has 1 unspecified atom stereocenters. The fourth-order valence-electron chi connectivity index (χ4n) is 1.56. The Labute approximate surface area is 89.5 Å². The average Bonchev–Trinajstić information content (AvgIpc) is 2.21. The molecule has 80 valence electrons. The van der Waals surface area contributed by atoms with Crippen LogP contribution >= 0.6 is 11.8 Å². The summed E-state index contributed by atoms with van der Waals surface area (Å²) in [4.78, 5) is 13.4. The Morgan fingerprint density at radius 2 is 2.57 bits per heavy atom. The van der Waals surface area contributed by atoms with Crippen LogP contribution in [0.1, 0.15) is 6.42 Å². The molecule has 0 aromatic rings. The number of thioether (sulfide) groups is 1. The van der Waals surface area contributed by atoms with Crippen molar-refractivity contribution in [1.82, 2.24) is 4.90 Å². The molecule has 0 aliphatic carbocycles. The topological polar surface area (TPSA) is 29.5 Å². The van der Waals surface area contributed by atoms with Crippen molar-refractivity contribution in [3.63, 3.8) is 0 Å². The largest absolute Gasteiger partial charge is 0.469 e. The number of hydrogen-bond acceptors (Lipinski definition) is 4. The highest BCUT2D eigenvalue weighted by Gasteiger charge is 2.24. The van der Waals surface area contributed by atoms with E-state index >= 15 is 0 Å². The third-order valence-corrected chi connectivity index (χ3v) is 3.43. The second kappa shape index (κ2) is 6.09. The molecule has 0 aromatic heterocycles. The van der Waals surface area contributed by atoms with Crippen molar-refractivity contribution < 1.29 is 9.53 Å². The van der Waals surface area contributed by atoms with E-state index in [1.807, 2.05) is 17.8 Å². The van der Waals surface area contributed by atoms with E-state index in [-0.39, 0.29) is 5.97 Å². The van der Waals surface area contributed by atoms with Crippen molar-refractivity contribution in [2.45, 2.75) is 12.5 Å². The molecular formula is C10H17NO2S. The van der Waals surface area contributed by atoms with Crippen LogP contribution < -0.4 is 0 Å². The van der Waals surface area contributed by atoms with E-state index in [9.17, 15) is 4.79 Å². The van der Waals surface area contributed by atoms with Crippen LogP contribution in [-0.4, -0.2) is 48.6 Å². The minimum atomic E-state index is -0.119. The molecule has 1 rings (SSSR count). The Balaban J connectivity index is 2.44. The smallest absolute Gasteiger partial charge is 0.307 e. The lowest BCUT2D eigenvalue weighted by molar-refractivity contribution is -0.141. The number of esters is 1. The molecule has 1 aliphatic rings. The predicted octanol–water partition coefficient (Wildman–Crippen LogP) is 1.15. The summed E-state index contributed by atoms with van der Waals surface area (Å²) in [6.45, 7) is 5.63. The molecule has 0 spiro atoms. The Morgan fingerprint density at radius 3 is 3.21 bits per heavy atom. The van der Waals surface area contributed by atoms with E-state index in [0.717, 1.165) is 24.6 Å². The van der Waals surface area contributed by atoms with E-state index in [1.54, 1.807) is 0 Å². The lowest BCUT2D eigenvalue weighted by Crippen LogP contribution is -2.43. The molecule has 4 heteroatoms. The van der Waals surface area contributed by atoms with Gasteiger partial charge in [0.1, 0.15) is 0 Å². The van der Waals surface area contributed by atoms with Crippen LogP contribution in [0.25, 0.3) is 0 Å². The summed E-state index contributed by atoms with van der Waals surface area (Å²) in [6, 6.07) is 0.319. The minimum Gasteiger partial charge on any atom is -0.469 e. The number of carbonyl (C=O) groups is 1. The third kappa shape index (κ3) is 3.35. The van der Waals surface area contributed by atoms with E-state index in [1.165, 1.54) is 7.11 Å². The SMILES string of the molecule is C=CCN1CCSCC1CC(=O)OC. The molecule has 1 heterocycles. The zero-order chi connectivity index (χ0) is 10.4. The van der Waals surface area contributed by atoms with Gasteiger partial charge in [-0.1, -0.05) is 6.08 Å². The van der Waals surface area contributed by atoms with Gasteiger partial charge in [-0.2, -0.15) is 11.8 Å². The summed E-state index contributed by atoms with van der Waals surface area (Å²) >= 11 is 1.90. The highest BCUT2D eigenvalue weighted by atomic mass is 32.2. The number of carbonyl (C=O) groups excluding carboxylic acids is 1. The van der Waals surface area contributed by atoms with Gasteiger partial charge in [-0.3, -0.25) is 9.69 Å². The van der Waals surface area contributed by atoms with Crippen molar-refractivity contribution in [3.05, 3.63) is 12.7 Å². The third-order valence-electron chi connectivity index (χ3n) is 2.34. The minimum absolute atomic E-state index is 0.119. The van der Waals surface area contributed by atoms with Gasteiger partial charge in [-0.25, -0.2) is 0 Å². The molecule has 14 heavy (non-hydrogen) atoms. The molecule has 0 saturated carbocycles. The predicted molar refractivity (Wildman–Crippen MR) is 59.5 cm³/mol. The number of ether oxygens (including phenoxy) is 1. The summed E-state index contributed by atoms with van der Waals surface area (Å²) in [6.07, 6.45) is 2.39. The average molecular weight is 215 g/mol. The zero-order valence-electron chi connectivity index (χ0n) is 8.57. The molecule has 1 saturated heterocycles. The van der Waals surface area contributed by atoms with Gasteiger partial charge in [0.05, 0.1) is 13.5 Å². The molecule has 3 nitrogen and oxygen atoms in total. The molecular weight excluding hydrogens is 198 g/mol. The van der Waals surface area contributed by atoms with Crippen LogP contribution in [0.5, 0.6) is 0 Å². The van der Waals surface area contributed by atoms with E-state index in [4.69, 9.17) is 0 Å². The quantitative estimate of drug-likeness (QED) is 0.520. The van der Waals surface area contributed by atoms with Gasteiger partial charge in [0.25, 0.3) is 0 Å². The zero-order valence-corrected chi connectivity index (χ0v) is 9.39. The first-order valence-corrected chi connectivity index (χ1v) is 5.93. The monoisotopic (exact) mass is 215 g/mol. The lowest BCUT2D eigenvalue weighted by atomic mass is 10.2. The van der Waals surface area contributed by atoms with Crippen molar-refractivity contribution >= 4 is 17.7 Å². The molecule has 1 atom stereocenters. The highest BCUT2D eigenvalue weighted by molar-refractivity contribution is 7.99. The fraction of sp³-hybridized carbons (Fsp3) is 0.700. The Hall–Kier alpha value is -0.480. The van der Waals surface area contributed by atoms with E-state index < -0.39 is 0 Å². The van der Waals surface area contributed by atoms with Gasteiger partial charge in [0.2, 0.25) is 0 Å². The van der Waals surface area contributed by atoms with E-state index in [2.05, 4.69) is 16.2 Å². The fourth-order valence-corrected chi connectivity index (χ4v) is 2.69. The Morgan fingerprint density at radius 1 is 1.79 bits per heavy atom. The summed E-state index contributed by atoms with van der Waals surface area (Å²) in [5.74, 6) is 2.04. The number of nitrogens with zero attached hydrogens (tertiary/aromatic N) is 1. The summed E-state index contributed by atoms with van der Waals surface area (Å²) in [5.41, 5.74) is 0.